The van der Waals surface area contributed by atoms with Crippen LogP contribution in [0.2, 0.25) is 18.1 Å². The third kappa shape index (κ3) is 6.24. The number of para-hydroxylation sites is 2. The first-order valence-corrected chi connectivity index (χ1v) is 18.4. The second-order valence-corrected chi connectivity index (χ2v) is 18.4. The van der Waals surface area contributed by atoms with Crippen LogP contribution in [0.1, 0.15) is 57.7 Å². The predicted octanol–water partition coefficient (Wildman–Crippen LogP) is 6.24. The maximum atomic E-state index is 13.6. The van der Waals surface area contributed by atoms with Crippen LogP contribution in [0.5, 0.6) is 0 Å². The van der Waals surface area contributed by atoms with Crippen LogP contribution in [0.3, 0.4) is 0 Å². The number of nitrogens with zero attached hydrogens (tertiary/aromatic N) is 4. The Bertz CT molecular complexity index is 1480. The molecular formula is C33H49N5O3Si. The minimum absolute atomic E-state index is 0.0138. The van der Waals surface area contributed by atoms with Gasteiger partial charge in [0.15, 0.2) is 8.32 Å². The molecule has 3 heterocycles. The van der Waals surface area contributed by atoms with Crippen LogP contribution in [0, 0.1) is 6.92 Å². The van der Waals surface area contributed by atoms with Gasteiger partial charge in [0.1, 0.15) is 0 Å². The molecule has 0 unspecified atom stereocenters. The van der Waals surface area contributed by atoms with Gasteiger partial charge in [-0.25, -0.2) is 4.98 Å². The number of piperidine rings is 1. The molecule has 2 aliphatic rings. The Morgan fingerprint density at radius 2 is 1.81 bits per heavy atom. The van der Waals surface area contributed by atoms with Crippen molar-refractivity contribution in [2.45, 2.75) is 77.7 Å². The van der Waals surface area contributed by atoms with E-state index in [0.29, 0.717) is 24.5 Å². The van der Waals surface area contributed by atoms with Crippen molar-refractivity contribution in [1.29, 1.82) is 0 Å². The van der Waals surface area contributed by atoms with Crippen LogP contribution in [0.15, 0.2) is 41.2 Å². The second-order valence-electron chi connectivity index (χ2n) is 13.6. The SMILES string of the molecule is Cc1cc([C@@H](C)Nc2ccccc2N2CCC[C@H](O[Si](C)(C)C(C)(C)C)C2)c2nc(N3CCOCC3)n(C)c(=O)c2c1. The van der Waals surface area contributed by atoms with Gasteiger partial charge in [-0.15, -0.1) is 0 Å². The molecule has 0 bridgehead atoms. The number of morpholine rings is 1. The first-order valence-electron chi connectivity index (χ1n) is 15.5. The molecule has 3 aromatic rings. The van der Waals surface area contributed by atoms with Crippen LogP contribution < -0.4 is 20.7 Å². The Kier molecular flexibility index (Phi) is 8.74. The van der Waals surface area contributed by atoms with E-state index in [-0.39, 0.29) is 22.7 Å². The molecule has 1 N–H and O–H groups in total. The van der Waals surface area contributed by atoms with Crippen molar-refractivity contribution in [2.24, 2.45) is 7.05 Å². The molecule has 0 aliphatic carbocycles. The maximum Gasteiger partial charge on any atom is 0.262 e. The van der Waals surface area contributed by atoms with E-state index in [4.69, 9.17) is 14.1 Å². The van der Waals surface area contributed by atoms with Gasteiger partial charge in [0.2, 0.25) is 5.95 Å². The van der Waals surface area contributed by atoms with Crippen LogP contribution in [-0.2, 0) is 16.2 Å². The van der Waals surface area contributed by atoms with Crippen molar-refractivity contribution in [2.75, 3.05) is 54.5 Å². The van der Waals surface area contributed by atoms with E-state index < -0.39 is 8.32 Å². The summed E-state index contributed by atoms with van der Waals surface area (Å²) in [6, 6.07) is 12.7. The molecule has 2 saturated heterocycles. The summed E-state index contributed by atoms with van der Waals surface area (Å²) < 4.78 is 14.1. The molecule has 2 aliphatic heterocycles. The molecule has 1 aromatic heterocycles. The quantitative estimate of drug-likeness (QED) is 0.326. The Hall–Kier alpha value is -2.88. The van der Waals surface area contributed by atoms with Gasteiger partial charge in [0.25, 0.3) is 5.56 Å². The van der Waals surface area contributed by atoms with E-state index in [1.165, 1.54) is 5.69 Å². The highest BCUT2D eigenvalue weighted by Gasteiger charge is 2.40. The number of fused-ring (bicyclic) bond motifs is 1. The first kappa shape index (κ1) is 30.6. The molecule has 0 amide bonds. The maximum absolute atomic E-state index is 13.6. The molecule has 2 atom stereocenters. The molecule has 8 nitrogen and oxygen atoms in total. The van der Waals surface area contributed by atoms with Gasteiger partial charge in [0.05, 0.1) is 47.6 Å². The number of rotatable bonds is 7. The van der Waals surface area contributed by atoms with E-state index in [1.54, 1.807) is 4.57 Å². The van der Waals surface area contributed by atoms with E-state index in [9.17, 15) is 4.79 Å². The molecule has 9 heteroatoms. The van der Waals surface area contributed by atoms with Crippen molar-refractivity contribution >= 4 is 36.5 Å². The zero-order valence-corrected chi connectivity index (χ0v) is 27.8. The van der Waals surface area contributed by atoms with Crippen LogP contribution in [0.4, 0.5) is 17.3 Å². The molecule has 0 spiro atoms. The van der Waals surface area contributed by atoms with Crippen molar-refractivity contribution in [1.82, 2.24) is 9.55 Å². The van der Waals surface area contributed by atoms with Gasteiger partial charge in [-0.05, 0) is 68.6 Å². The number of ether oxygens (including phenoxy) is 1. The molecule has 0 radical (unpaired) electrons. The first-order chi connectivity index (χ1) is 19.9. The third-order valence-electron chi connectivity index (χ3n) is 9.35. The lowest BCUT2D eigenvalue weighted by Gasteiger charge is -2.43. The lowest BCUT2D eigenvalue weighted by atomic mass is 10.0. The number of aryl methyl sites for hydroxylation is 1. The number of benzene rings is 2. The van der Waals surface area contributed by atoms with E-state index in [2.05, 4.69) is 93.2 Å². The topological polar surface area (TPSA) is 71.9 Å². The van der Waals surface area contributed by atoms with Crippen molar-refractivity contribution in [3.05, 3.63) is 57.9 Å². The number of hydrogen-bond acceptors (Lipinski definition) is 7. The second kappa shape index (κ2) is 12.0. The molecule has 228 valence electrons. The van der Waals surface area contributed by atoms with E-state index >= 15 is 0 Å². The lowest BCUT2D eigenvalue weighted by molar-refractivity contribution is 0.121. The summed E-state index contributed by atoms with van der Waals surface area (Å²) >= 11 is 0. The lowest BCUT2D eigenvalue weighted by Crippen LogP contribution is -2.49. The Morgan fingerprint density at radius 1 is 1.10 bits per heavy atom. The molecule has 42 heavy (non-hydrogen) atoms. The predicted molar refractivity (Wildman–Crippen MR) is 177 cm³/mol. The summed E-state index contributed by atoms with van der Waals surface area (Å²) in [5.74, 6) is 0.703. The number of anilines is 3. The summed E-state index contributed by atoms with van der Waals surface area (Å²) in [6.45, 7) is 20.5. The molecular weight excluding hydrogens is 542 g/mol. The van der Waals surface area contributed by atoms with Crippen molar-refractivity contribution < 1.29 is 9.16 Å². The van der Waals surface area contributed by atoms with Gasteiger partial charge < -0.3 is 24.3 Å². The van der Waals surface area contributed by atoms with Crippen LogP contribution >= 0.6 is 0 Å². The standard InChI is InChI=1S/C33H49N5O3Si/c1-23-20-26(30-27(21-23)31(39)36(6)32(35-30)37-16-18-40-19-17-37)24(2)34-28-13-9-10-14-29(28)38-15-11-12-25(22-38)41-42(7,8)33(3,4)5/h9-10,13-14,20-21,24-25,34H,11-12,15-19,22H2,1-8H3/t24-,25+/m1/s1. The highest BCUT2D eigenvalue weighted by molar-refractivity contribution is 6.74. The monoisotopic (exact) mass is 591 g/mol. The molecule has 0 saturated carbocycles. The summed E-state index contributed by atoms with van der Waals surface area (Å²) in [7, 11) is -0.0317. The van der Waals surface area contributed by atoms with E-state index in [0.717, 1.165) is 61.4 Å². The Labute approximate surface area is 252 Å². The molecule has 2 aromatic carbocycles. The van der Waals surface area contributed by atoms with Crippen molar-refractivity contribution in [3.8, 4) is 0 Å². The number of hydrogen-bond donors (Lipinski definition) is 1. The molecule has 2 fully saturated rings. The number of nitrogens with one attached hydrogen (secondary N) is 1. The Morgan fingerprint density at radius 3 is 2.52 bits per heavy atom. The fraction of sp³-hybridized carbons (Fsp3) is 0.576. The average Bonchev–Trinajstić information content (AvgIpc) is 2.95. The third-order valence-corrected chi connectivity index (χ3v) is 13.9. The fourth-order valence-corrected chi connectivity index (χ4v) is 7.33. The number of aromatic nitrogens is 2. The normalized spacial score (nSPS) is 19.3. The van der Waals surface area contributed by atoms with Crippen molar-refractivity contribution in [3.63, 3.8) is 0 Å². The minimum Gasteiger partial charge on any atom is -0.412 e. The smallest absolute Gasteiger partial charge is 0.262 e. The molecule has 5 rings (SSSR count). The summed E-state index contributed by atoms with van der Waals surface area (Å²) in [5.41, 5.74) is 5.13. The zero-order chi connectivity index (χ0) is 30.2. The highest BCUT2D eigenvalue weighted by atomic mass is 28.4. The largest absolute Gasteiger partial charge is 0.412 e. The summed E-state index contributed by atoms with van der Waals surface area (Å²) in [5, 5.41) is 4.66. The van der Waals surface area contributed by atoms with Crippen LogP contribution in [0.25, 0.3) is 10.9 Å². The van der Waals surface area contributed by atoms with E-state index in [1.807, 2.05) is 13.1 Å². The van der Waals surface area contributed by atoms with Gasteiger partial charge >= 0.3 is 0 Å². The highest BCUT2D eigenvalue weighted by Crippen LogP contribution is 2.39. The van der Waals surface area contributed by atoms with Gasteiger partial charge in [-0.1, -0.05) is 39.0 Å². The van der Waals surface area contributed by atoms with Gasteiger partial charge in [0, 0.05) is 38.8 Å². The summed E-state index contributed by atoms with van der Waals surface area (Å²) in [6.07, 6.45) is 2.46. The zero-order valence-electron chi connectivity index (χ0n) is 26.8. The average molecular weight is 592 g/mol. The Balaban J connectivity index is 1.44. The van der Waals surface area contributed by atoms with Gasteiger partial charge in [-0.3, -0.25) is 9.36 Å². The van der Waals surface area contributed by atoms with Gasteiger partial charge in [-0.2, -0.15) is 0 Å². The fourth-order valence-electron chi connectivity index (χ4n) is 5.95. The minimum atomic E-state index is -1.85. The van der Waals surface area contributed by atoms with Crippen LogP contribution in [-0.4, -0.2) is 63.4 Å². The summed E-state index contributed by atoms with van der Waals surface area (Å²) in [4.78, 5) is 23.3.